The molecule has 0 radical (unpaired) electrons. The maximum Gasteiger partial charge on any atom is 0.238 e. The molecule has 1 aromatic rings. The number of hydrogen-bond donors (Lipinski definition) is 1. The van der Waals surface area contributed by atoms with Crippen LogP contribution in [0, 0.1) is 0 Å². The van der Waals surface area contributed by atoms with Crippen molar-refractivity contribution in [2.45, 2.75) is 32.7 Å². The highest BCUT2D eigenvalue weighted by atomic mass is 35.5. The van der Waals surface area contributed by atoms with Crippen molar-refractivity contribution in [3.05, 3.63) is 17.5 Å². The fraction of sp³-hybridized carbons (Fsp3) is 0.600. The second-order valence-corrected chi connectivity index (χ2v) is 4.24. The molecular formula is C10H14ClN3O2. The van der Waals surface area contributed by atoms with E-state index in [2.05, 4.69) is 5.10 Å². The third-order valence-electron chi connectivity index (χ3n) is 2.81. The molecule has 0 unspecified atom stereocenters. The summed E-state index contributed by atoms with van der Waals surface area (Å²) in [6, 6.07) is 1.91. The number of aromatic nitrogens is 2. The van der Waals surface area contributed by atoms with Gasteiger partial charge in [0.1, 0.15) is 5.88 Å². The molecule has 1 N–H and O–H groups in total. The Balaban J connectivity index is 2.23. The van der Waals surface area contributed by atoms with E-state index in [0.717, 1.165) is 5.69 Å². The van der Waals surface area contributed by atoms with Crippen LogP contribution < -0.4 is 0 Å². The summed E-state index contributed by atoms with van der Waals surface area (Å²) in [4.78, 5) is 13.3. The van der Waals surface area contributed by atoms with Gasteiger partial charge in [-0.3, -0.25) is 9.48 Å². The highest BCUT2D eigenvalue weighted by Crippen LogP contribution is 2.18. The normalized spacial score (nSPS) is 19.7. The van der Waals surface area contributed by atoms with E-state index < -0.39 is 0 Å². The number of fused-ring (bicyclic) bond motifs is 1. The number of alkyl halides is 1. The Labute approximate surface area is 98.6 Å². The number of aliphatic hydroxyl groups excluding tert-OH is 1. The molecule has 0 bridgehead atoms. The Morgan fingerprint density at radius 2 is 2.50 bits per heavy atom. The predicted molar refractivity (Wildman–Crippen MR) is 58.9 cm³/mol. The molecule has 0 saturated heterocycles. The largest absolute Gasteiger partial charge is 0.390 e. The number of hydrogen-bond acceptors (Lipinski definition) is 3. The van der Waals surface area contributed by atoms with Gasteiger partial charge in [-0.05, 0) is 13.0 Å². The first-order valence-corrected chi connectivity index (χ1v) is 5.71. The minimum atomic E-state index is -0.0716. The lowest BCUT2D eigenvalue weighted by molar-refractivity contribution is -0.132. The molecule has 0 fully saturated rings. The monoisotopic (exact) mass is 243 g/mol. The molecule has 1 atom stereocenters. The first-order valence-electron chi connectivity index (χ1n) is 5.17. The molecule has 6 heteroatoms. The molecule has 2 rings (SSSR count). The molecule has 0 saturated carbocycles. The zero-order chi connectivity index (χ0) is 11.7. The smallest absolute Gasteiger partial charge is 0.238 e. The van der Waals surface area contributed by atoms with Crippen LogP contribution in [-0.2, 0) is 24.5 Å². The summed E-state index contributed by atoms with van der Waals surface area (Å²) in [5.74, 6) is -0.0575. The summed E-state index contributed by atoms with van der Waals surface area (Å²) in [6.07, 6.45) is 0. The van der Waals surface area contributed by atoms with Gasteiger partial charge in [0.25, 0.3) is 0 Å². The average molecular weight is 244 g/mol. The van der Waals surface area contributed by atoms with E-state index in [9.17, 15) is 4.79 Å². The van der Waals surface area contributed by atoms with E-state index in [-0.39, 0.29) is 24.4 Å². The quantitative estimate of drug-likeness (QED) is 0.763. The van der Waals surface area contributed by atoms with Crippen LogP contribution >= 0.6 is 11.6 Å². The van der Waals surface area contributed by atoms with E-state index >= 15 is 0 Å². The van der Waals surface area contributed by atoms with E-state index in [0.29, 0.717) is 18.8 Å². The predicted octanol–water partition coefficient (Wildman–Crippen LogP) is 0.345. The van der Waals surface area contributed by atoms with Crippen LogP contribution in [0.2, 0.25) is 0 Å². The van der Waals surface area contributed by atoms with E-state index in [1.54, 1.807) is 4.90 Å². The van der Waals surface area contributed by atoms with E-state index in [4.69, 9.17) is 16.7 Å². The van der Waals surface area contributed by atoms with Gasteiger partial charge in [-0.25, -0.2) is 0 Å². The molecule has 1 aromatic heterocycles. The summed E-state index contributed by atoms with van der Waals surface area (Å²) in [5, 5.41) is 13.2. The fourth-order valence-corrected chi connectivity index (χ4v) is 2.12. The van der Waals surface area contributed by atoms with Crippen molar-refractivity contribution in [2.75, 3.05) is 5.88 Å². The van der Waals surface area contributed by atoms with Gasteiger partial charge in [0.05, 0.1) is 31.1 Å². The van der Waals surface area contributed by atoms with Gasteiger partial charge >= 0.3 is 0 Å². The minimum absolute atomic E-state index is 0.00529. The Morgan fingerprint density at radius 3 is 3.12 bits per heavy atom. The van der Waals surface area contributed by atoms with Crippen LogP contribution in [0.15, 0.2) is 6.07 Å². The molecule has 5 nitrogen and oxygen atoms in total. The van der Waals surface area contributed by atoms with Gasteiger partial charge in [-0.1, -0.05) is 0 Å². The average Bonchev–Trinajstić information content (AvgIpc) is 2.68. The number of aliphatic hydroxyl groups is 1. The number of rotatable bonds is 2. The van der Waals surface area contributed by atoms with Gasteiger partial charge in [0, 0.05) is 6.04 Å². The SMILES string of the molecule is C[C@@H]1Cn2nc(CO)cc2CN1C(=O)CCl. The van der Waals surface area contributed by atoms with Crippen LogP contribution in [0.25, 0.3) is 0 Å². The zero-order valence-corrected chi connectivity index (χ0v) is 9.81. The van der Waals surface area contributed by atoms with Crippen molar-refractivity contribution in [1.29, 1.82) is 0 Å². The zero-order valence-electron chi connectivity index (χ0n) is 9.06. The molecule has 88 valence electrons. The standard InChI is InChI=1S/C10H14ClN3O2/c1-7-4-14-9(2-8(6-15)12-14)5-13(7)10(16)3-11/h2,7,15H,3-6H2,1H3/t7-/m1/s1. The van der Waals surface area contributed by atoms with Gasteiger partial charge in [0.15, 0.2) is 0 Å². The lowest BCUT2D eigenvalue weighted by Crippen LogP contribution is -2.45. The molecule has 1 aliphatic heterocycles. The molecular weight excluding hydrogens is 230 g/mol. The first kappa shape index (κ1) is 11.4. The molecule has 0 aliphatic carbocycles. The molecule has 0 spiro atoms. The lowest BCUT2D eigenvalue weighted by atomic mass is 10.2. The van der Waals surface area contributed by atoms with Crippen LogP contribution in [0.5, 0.6) is 0 Å². The molecule has 1 amide bonds. The maximum absolute atomic E-state index is 11.6. The Morgan fingerprint density at radius 1 is 1.75 bits per heavy atom. The summed E-state index contributed by atoms with van der Waals surface area (Å²) < 4.78 is 1.84. The third-order valence-corrected chi connectivity index (χ3v) is 3.04. The van der Waals surface area contributed by atoms with Gasteiger partial charge in [-0.2, -0.15) is 5.10 Å². The van der Waals surface area contributed by atoms with Crippen molar-refractivity contribution in [2.24, 2.45) is 0 Å². The molecule has 0 aromatic carbocycles. The Kier molecular flexibility index (Phi) is 3.16. The van der Waals surface area contributed by atoms with Gasteiger partial charge in [0.2, 0.25) is 5.91 Å². The summed E-state index contributed by atoms with van der Waals surface area (Å²) >= 11 is 5.56. The minimum Gasteiger partial charge on any atom is -0.390 e. The summed E-state index contributed by atoms with van der Waals surface area (Å²) in [6.45, 7) is 3.06. The van der Waals surface area contributed by atoms with Crippen molar-refractivity contribution in [1.82, 2.24) is 14.7 Å². The van der Waals surface area contributed by atoms with Crippen LogP contribution in [0.3, 0.4) is 0 Å². The number of nitrogens with zero attached hydrogens (tertiary/aromatic N) is 3. The van der Waals surface area contributed by atoms with Crippen molar-refractivity contribution in [3.8, 4) is 0 Å². The Bertz CT molecular complexity index is 405. The number of carbonyl (C=O) groups is 1. The molecule has 2 heterocycles. The Hall–Kier alpha value is -1.07. The third kappa shape index (κ3) is 1.92. The highest BCUT2D eigenvalue weighted by molar-refractivity contribution is 6.27. The first-order chi connectivity index (χ1) is 7.65. The molecule has 16 heavy (non-hydrogen) atoms. The van der Waals surface area contributed by atoms with Crippen LogP contribution in [-0.4, -0.2) is 37.6 Å². The lowest BCUT2D eigenvalue weighted by Gasteiger charge is -2.33. The topological polar surface area (TPSA) is 58.4 Å². The van der Waals surface area contributed by atoms with E-state index in [1.165, 1.54) is 0 Å². The fourth-order valence-electron chi connectivity index (χ4n) is 1.97. The van der Waals surface area contributed by atoms with Gasteiger partial charge < -0.3 is 10.0 Å². The number of amides is 1. The number of carbonyl (C=O) groups excluding carboxylic acids is 1. The summed E-state index contributed by atoms with van der Waals surface area (Å²) in [7, 11) is 0. The summed E-state index contributed by atoms with van der Waals surface area (Å²) in [5.41, 5.74) is 1.59. The number of halogens is 1. The van der Waals surface area contributed by atoms with Crippen molar-refractivity contribution in [3.63, 3.8) is 0 Å². The highest BCUT2D eigenvalue weighted by Gasteiger charge is 2.27. The van der Waals surface area contributed by atoms with Crippen molar-refractivity contribution < 1.29 is 9.90 Å². The maximum atomic E-state index is 11.6. The van der Waals surface area contributed by atoms with Crippen LogP contribution in [0.4, 0.5) is 0 Å². The van der Waals surface area contributed by atoms with Gasteiger partial charge in [-0.15, -0.1) is 11.6 Å². The van der Waals surface area contributed by atoms with Crippen molar-refractivity contribution >= 4 is 17.5 Å². The molecule has 1 aliphatic rings. The second-order valence-electron chi connectivity index (χ2n) is 3.97. The van der Waals surface area contributed by atoms with Crippen LogP contribution in [0.1, 0.15) is 18.3 Å². The second kappa shape index (κ2) is 4.43. The van der Waals surface area contributed by atoms with E-state index in [1.807, 2.05) is 17.7 Å².